The largest absolute Gasteiger partial charge is 0.355 e. The van der Waals surface area contributed by atoms with Crippen LogP contribution in [0.25, 0.3) is 5.82 Å². The highest BCUT2D eigenvalue weighted by atomic mass is 15.4. The van der Waals surface area contributed by atoms with Gasteiger partial charge in [-0.15, -0.1) is 10.2 Å². The molecule has 0 unspecified atom stereocenters. The summed E-state index contributed by atoms with van der Waals surface area (Å²) in [5.41, 5.74) is 2.08. The standard InChI is InChI=1S/C15H21N5/c1-11-6-8-19(9-7-11)14-4-5-15(17-16-14)20-13(3)10-12(2)18-20/h4-5,10-11H,6-9H2,1-3H3. The molecule has 0 saturated carbocycles. The molecular formula is C15H21N5. The first-order valence-electron chi connectivity index (χ1n) is 7.26. The number of anilines is 1. The highest BCUT2D eigenvalue weighted by molar-refractivity contribution is 5.40. The normalized spacial score (nSPS) is 16.6. The van der Waals surface area contributed by atoms with Gasteiger partial charge in [-0.3, -0.25) is 0 Å². The van der Waals surface area contributed by atoms with E-state index in [1.54, 1.807) is 0 Å². The molecule has 1 fully saturated rings. The van der Waals surface area contributed by atoms with Gasteiger partial charge in [0.25, 0.3) is 0 Å². The minimum absolute atomic E-state index is 0.782. The Morgan fingerprint density at radius 1 is 1.05 bits per heavy atom. The highest BCUT2D eigenvalue weighted by Gasteiger charge is 2.17. The Kier molecular flexibility index (Phi) is 3.42. The Bertz CT molecular complexity index is 579. The third kappa shape index (κ3) is 2.53. The fourth-order valence-corrected chi connectivity index (χ4v) is 2.70. The van der Waals surface area contributed by atoms with E-state index in [9.17, 15) is 0 Å². The lowest BCUT2D eigenvalue weighted by molar-refractivity contribution is 0.436. The summed E-state index contributed by atoms with van der Waals surface area (Å²) >= 11 is 0. The third-order valence-corrected chi connectivity index (χ3v) is 3.97. The topological polar surface area (TPSA) is 46.8 Å². The molecule has 106 valence electrons. The molecule has 0 N–H and O–H groups in total. The van der Waals surface area contributed by atoms with Crippen molar-refractivity contribution in [3.8, 4) is 5.82 Å². The molecule has 3 rings (SSSR count). The lowest BCUT2D eigenvalue weighted by Crippen LogP contribution is -2.33. The molecule has 3 heterocycles. The predicted octanol–water partition coefficient (Wildman–Crippen LogP) is 2.52. The number of hydrogen-bond donors (Lipinski definition) is 0. The zero-order valence-corrected chi connectivity index (χ0v) is 12.4. The average Bonchev–Trinajstić information content (AvgIpc) is 2.79. The number of hydrogen-bond acceptors (Lipinski definition) is 4. The molecule has 2 aromatic rings. The Morgan fingerprint density at radius 3 is 2.25 bits per heavy atom. The van der Waals surface area contributed by atoms with Crippen molar-refractivity contribution in [2.75, 3.05) is 18.0 Å². The van der Waals surface area contributed by atoms with Crippen LogP contribution in [0.1, 0.15) is 31.2 Å². The van der Waals surface area contributed by atoms with Gasteiger partial charge < -0.3 is 4.90 Å². The molecule has 2 aromatic heterocycles. The van der Waals surface area contributed by atoms with Crippen molar-refractivity contribution < 1.29 is 0 Å². The van der Waals surface area contributed by atoms with Crippen LogP contribution in [0.3, 0.4) is 0 Å². The van der Waals surface area contributed by atoms with Crippen LogP contribution < -0.4 is 4.90 Å². The smallest absolute Gasteiger partial charge is 0.176 e. The zero-order chi connectivity index (χ0) is 14.1. The molecule has 5 heteroatoms. The highest BCUT2D eigenvalue weighted by Crippen LogP contribution is 2.21. The van der Waals surface area contributed by atoms with Gasteiger partial charge in [-0.1, -0.05) is 6.92 Å². The summed E-state index contributed by atoms with van der Waals surface area (Å²) in [4.78, 5) is 2.32. The fourth-order valence-electron chi connectivity index (χ4n) is 2.70. The molecule has 0 bridgehead atoms. The summed E-state index contributed by atoms with van der Waals surface area (Å²) in [6.45, 7) is 8.49. The van der Waals surface area contributed by atoms with E-state index < -0.39 is 0 Å². The van der Waals surface area contributed by atoms with Gasteiger partial charge in [0.2, 0.25) is 0 Å². The first kappa shape index (κ1) is 13.1. The second-order valence-corrected chi connectivity index (χ2v) is 5.76. The van der Waals surface area contributed by atoms with Gasteiger partial charge in [0.05, 0.1) is 5.69 Å². The molecule has 5 nitrogen and oxygen atoms in total. The van der Waals surface area contributed by atoms with Gasteiger partial charge in [-0.05, 0) is 50.8 Å². The summed E-state index contributed by atoms with van der Waals surface area (Å²) in [6.07, 6.45) is 2.47. The molecule has 0 spiro atoms. The SMILES string of the molecule is Cc1cc(C)n(-c2ccc(N3CCC(C)CC3)nn2)n1. The lowest BCUT2D eigenvalue weighted by atomic mass is 9.99. The molecule has 0 amide bonds. The van der Waals surface area contributed by atoms with Gasteiger partial charge in [0.15, 0.2) is 11.6 Å². The molecule has 20 heavy (non-hydrogen) atoms. The summed E-state index contributed by atoms with van der Waals surface area (Å²) in [7, 11) is 0. The Balaban J connectivity index is 1.79. The van der Waals surface area contributed by atoms with E-state index in [1.807, 2.05) is 30.7 Å². The monoisotopic (exact) mass is 271 g/mol. The van der Waals surface area contributed by atoms with E-state index >= 15 is 0 Å². The zero-order valence-electron chi connectivity index (χ0n) is 12.4. The van der Waals surface area contributed by atoms with Crippen LogP contribution in [0.5, 0.6) is 0 Å². The van der Waals surface area contributed by atoms with Crippen LogP contribution in [0.15, 0.2) is 18.2 Å². The Morgan fingerprint density at radius 2 is 1.70 bits per heavy atom. The van der Waals surface area contributed by atoms with E-state index in [4.69, 9.17) is 0 Å². The van der Waals surface area contributed by atoms with Gasteiger partial charge in [0, 0.05) is 18.8 Å². The maximum Gasteiger partial charge on any atom is 0.176 e. The second kappa shape index (κ2) is 5.23. The fraction of sp³-hybridized carbons (Fsp3) is 0.533. The maximum atomic E-state index is 4.43. The number of aromatic nitrogens is 4. The second-order valence-electron chi connectivity index (χ2n) is 5.76. The first-order valence-corrected chi connectivity index (χ1v) is 7.26. The van der Waals surface area contributed by atoms with Crippen LogP contribution in [0.2, 0.25) is 0 Å². The molecule has 0 aliphatic carbocycles. The summed E-state index contributed by atoms with van der Waals surface area (Å²) in [5, 5.41) is 13.1. The van der Waals surface area contributed by atoms with Crippen LogP contribution in [-0.2, 0) is 0 Å². The third-order valence-electron chi connectivity index (χ3n) is 3.97. The summed E-state index contributed by atoms with van der Waals surface area (Å²) < 4.78 is 1.84. The van der Waals surface area contributed by atoms with E-state index in [2.05, 4.69) is 33.2 Å². The molecule has 0 atom stereocenters. The van der Waals surface area contributed by atoms with Crippen molar-refractivity contribution in [3.63, 3.8) is 0 Å². The summed E-state index contributed by atoms with van der Waals surface area (Å²) in [5.74, 6) is 2.58. The number of nitrogens with zero attached hydrogens (tertiary/aromatic N) is 5. The molecule has 0 radical (unpaired) electrons. The first-order chi connectivity index (χ1) is 9.63. The molecule has 1 aliphatic heterocycles. The minimum atomic E-state index is 0.782. The van der Waals surface area contributed by atoms with Crippen molar-refractivity contribution in [3.05, 3.63) is 29.6 Å². The van der Waals surface area contributed by atoms with Gasteiger partial charge >= 0.3 is 0 Å². The maximum absolute atomic E-state index is 4.43. The van der Waals surface area contributed by atoms with Crippen molar-refractivity contribution in [1.29, 1.82) is 0 Å². The minimum Gasteiger partial charge on any atom is -0.355 e. The average molecular weight is 271 g/mol. The van der Waals surface area contributed by atoms with Crippen molar-refractivity contribution in [2.24, 2.45) is 5.92 Å². The van der Waals surface area contributed by atoms with Crippen LogP contribution in [0.4, 0.5) is 5.82 Å². The Hall–Kier alpha value is -1.91. The number of piperidine rings is 1. The Labute approximate surface area is 119 Å². The molecule has 1 aliphatic rings. The van der Waals surface area contributed by atoms with E-state index in [-0.39, 0.29) is 0 Å². The van der Waals surface area contributed by atoms with E-state index in [0.717, 1.165) is 42.0 Å². The van der Waals surface area contributed by atoms with Crippen LogP contribution in [-0.4, -0.2) is 33.1 Å². The van der Waals surface area contributed by atoms with Crippen LogP contribution in [0, 0.1) is 19.8 Å². The summed E-state index contributed by atoms with van der Waals surface area (Å²) in [6, 6.07) is 6.09. The number of aryl methyl sites for hydroxylation is 2. The number of rotatable bonds is 2. The van der Waals surface area contributed by atoms with Crippen molar-refractivity contribution in [1.82, 2.24) is 20.0 Å². The van der Waals surface area contributed by atoms with E-state index in [1.165, 1.54) is 12.8 Å². The van der Waals surface area contributed by atoms with Gasteiger partial charge in [-0.25, -0.2) is 4.68 Å². The van der Waals surface area contributed by atoms with Gasteiger partial charge in [-0.2, -0.15) is 5.10 Å². The quantitative estimate of drug-likeness (QED) is 0.842. The molecule has 1 saturated heterocycles. The van der Waals surface area contributed by atoms with E-state index in [0.29, 0.717) is 0 Å². The lowest BCUT2D eigenvalue weighted by Gasteiger charge is -2.30. The van der Waals surface area contributed by atoms with Gasteiger partial charge in [0.1, 0.15) is 0 Å². The van der Waals surface area contributed by atoms with Crippen molar-refractivity contribution >= 4 is 5.82 Å². The van der Waals surface area contributed by atoms with Crippen LogP contribution >= 0.6 is 0 Å². The molecule has 0 aromatic carbocycles. The van der Waals surface area contributed by atoms with Crippen molar-refractivity contribution in [2.45, 2.75) is 33.6 Å². The predicted molar refractivity (Wildman–Crippen MR) is 79.2 cm³/mol. The molecular weight excluding hydrogens is 250 g/mol.